The summed E-state index contributed by atoms with van der Waals surface area (Å²) in [5.41, 5.74) is 0.987. The molecule has 9 nitrogen and oxygen atoms in total. The fraction of sp³-hybridized carbons (Fsp3) is 0.409. The number of alkyl halides is 3. The third-order valence-electron chi connectivity index (χ3n) is 4.69. The smallest absolute Gasteiger partial charge is 0.478 e. The number of benzene rings is 1. The number of sulfonamides is 1. The zero-order valence-electron chi connectivity index (χ0n) is 19.8. The second-order valence-electron chi connectivity index (χ2n) is 8.26. The van der Waals surface area contributed by atoms with Crippen molar-refractivity contribution in [3.8, 4) is 0 Å². The maximum atomic E-state index is 12.7. The molecule has 2 rings (SSSR count). The van der Waals surface area contributed by atoms with Gasteiger partial charge < -0.3 is 15.1 Å². The van der Waals surface area contributed by atoms with E-state index >= 15 is 0 Å². The number of pyridine rings is 1. The number of aromatic carboxylic acids is 1. The molecule has 0 spiro atoms. The summed E-state index contributed by atoms with van der Waals surface area (Å²) in [6.45, 7) is 11.1. The Hall–Kier alpha value is -3.35. The van der Waals surface area contributed by atoms with Crippen LogP contribution in [0.4, 0.5) is 24.7 Å². The fourth-order valence-corrected chi connectivity index (χ4v) is 3.83. The van der Waals surface area contributed by atoms with Crippen molar-refractivity contribution in [3.05, 3.63) is 47.7 Å². The third kappa shape index (κ3) is 8.42. The lowest BCUT2D eigenvalue weighted by molar-refractivity contribution is -0.192. The Morgan fingerprint density at radius 1 is 1.03 bits per heavy atom. The number of hydrogen-bond acceptors (Lipinski definition) is 6. The van der Waals surface area contributed by atoms with Crippen molar-refractivity contribution in [3.63, 3.8) is 0 Å². The van der Waals surface area contributed by atoms with Crippen molar-refractivity contribution in [2.24, 2.45) is 0 Å². The van der Waals surface area contributed by atoms with Gasteiger partial charge in [-0.05, 0) is 43.0 Å². The molecular weight excluding hydrogens is 491 g/mol. The molecule has 0 amide bonds. The summed E-state index contributed by atoms with van der Waals surface area (Å²) < 4.78 is 59.5. The molecule has 0 saturated carbocycles. The van der Waals surface area contributed by atoms with Crippen LogP contribution >= 0.6 is 0 Å². The molecule has 13 heteroatoms. The first kappa shape index (κ1) is 29.7. The number of carboxylic acids is 2. The van der Waals surface area contributed by atoms with Crippen molar-refractivity contribution in [1.82, 2.24) is 4.98 Å². The molecular formula is C22H28F3N3O6S. The van der Waals surface area contributed by atoms with Crippen LogP contribution in [0.3, 0.4) is 0 Å². The van der Waals surface area contributed by atoms with Crippen LogP contribution in [0.2, 0.25) is 0 Å². The molecule has 0 atom stereocenters. The van der Waals surface area contributed by atoms with Crippen LogP contribution in [0.1, 0.15) is 50.5 Å². The highest BCUT2D eigenvalue weighted by Gasteiger charge is 2.38. The standard InChI is InChI=1S/C20H27N3O4S.C2HF3O2/c1-6-23(7-2)18-17(19(24)25)12-15(13-21-18)22-28(26,27)16-10-8-14(9-11-16)20(3,4)5;3-2(4,5)1(6)7/h8-13,22H,6-7H2,1-5H3,(H,24,25);(H,6,7). The summed E-state index contributed by atoms with van der Waals surface area (Å²) in [5, 5.41) is 16.6. The lowest BCUT2D eigenvalue weighted by atomic mass is 9.87. The fourth-order valence-electron chi connectivity index (χ4n) is 2.79. The number of aromatic nitrogens is 1. The van der Waals surface area contributed by atoms with E-state index in [0.717, 1.165) is 5.56 Å². The van der Waals surface area contributed by atoms with E-state index in [1.54, 1.807) is 29.2 Å². The Morgan fingerprint density at radius 3 is 1.89 bits per heavy atom. The summed E-state index contributed by atoms with van der Waals surface area (Å²) >= 11 is 0. The Labute approximate surface area is 201 Å². The molecule has 0 saturated heterocycles. The van der Waals surface area contributed by atoms with Crippen LogP contribution in [0.5, 0.6) is 0 Å². The number of carboxylic acid groups (broad SMARTS) is 2. The maximum Gasteiger partial charge on any atom is 0.490 e. The number of nitrogens with zero attached hydrogens (tertiary/aromatic N) is 2. The average Bonchev–Trinajstić information content (AvgIpc) is 2.74. The highest BCUT2D eigenvalue weighted by Crippen LogP contribution is 2.26. The molecule has 3 N–H and O–H groups in total. The largest absolute Gasteiger partial charge is 0.490 e. The number of rotatable bonds is 7. The van der Waals surface area contributed by atoms with E-state index in [1.165, 1.54) is 12.3 Å². The number of carbonyl (C=O) groups is 2. The molecule has 0 aliphatic carbocycles. The van der Waals surface area contributed by atoms with Gasteiger partial charge >= 0.3 is 18.1 Å². The van der Waals surface area contributed by atoms with E-state index in [2.05, 4.69) is 9.71 Å². The monoisotopic (exact) mass is 519 g/mol. The predicted octanol–water partition coefficient (Wildman–Crippen LogP) is 4.36. The Morgan fingerprint density at radius 2 is 1.51 bits per heavy atom. The lowest BCUT2D eigenvalue weighted by Gasteiger charge is -2.22. The van der Waals surface area contributed by atoms with Crippen LogP contribution in [0, 0.1) is 0 Å². The molecule has 0 aliphatic rings. The molecule has 0 bridgehead atoms. The van der Waals surface area contributed by atoms with Gasteiger partial charge in [0.2, 0.25) is 0 Å². The normalized spacial score (nSPS) is 11.8. The van der Waals surface area contributed by atoms with E-state index in [9.17, 15) is 31.5 Å². The molecule has 2 aromatic rings. The summed E-state index contributed by atoms with van der Waals surface area (Å²) in [6.07, 6.45) is -3.75. The van der Waals surface area contributed by atoms with E-state index in [1.807, 2.05) is 34.6 Å². The Kier molecular flexibility index (Phi) is 9.65. The highest BCUT2D eigenvalue weighted by atomic mass is 32.2. The van der Waals surface area contributed by atoms with Gasteiger partial charge in [0.25, 0.3) is 10.0 Å². The molecule has 0 unspecified atom stereocenters. The molecule has 1 aromatic heterocycles. The van der Waals surface area contributed by atoms with Crippen LogP contribution in [-0.4, -0.2) is 54.8 Å². The summed E-state index contributed by atoms with van der Waals surface area (Å²) in [7, 11) is -3.86. The van der Waals surface area contributed by atoms with Gasteiger partial charge in [-0.2, -0.15) is 13.2 Å². The summed E-state index contributed by atoms with van der Waals surface area (Å²) in [4.78, 5) is 26.6. The van der Waals surface area contributed by atoms with Gasteiger partial charge in [-0.25, -0.2) is 23.0 Å². The lowest BCUT2D eigenvalue weighted by Crippen LogP contribution is -2.25. The minimum atomic E-state index is -5.08. The van der Waals surface area contributed by atoms with Gasteiger partial charge in [-0.3, -0.25) is 4.72 Å². The maximum absolute atomic E-state index is 12.7. The number of hydrogen-bond donors (Lipinski definition) is 3. The molecule has 1 aromatic carbocycles. The summed E-state index contributed by atoms with van der Waals surface area (Å²) in [6, 6.07) is 7.93. The first-order valence-electron chi connectivity index (χ1n) is 10.4. The van der Waals surface area contributed by atoms with Crippen molar-refractivity contribution in [2.75, 3.05) is 22.7 Å². The summed E-state index contributed by atoms with van der Waals surface area (Å²) in [5.74, 6) is -3.60. The first-order valence-corrected chi connectivity index (χ1v) is 11.8. The molecule has 0 radical (unpaired) electrons. The van der Waals surface area contributed by atoms with Crippen LogP contribution in [0.15, 0.2) is 41.4 Å². The van der Waals surface area contributed by atoms with Gasteiger partial charge in [-0.1, -0.05) is 32.9 Å². The van der Waals surface area contributed by atoms with Crippen molar-refractivity contribution < 1.29 is 41.4 Å². The van der Waals surface area contributed by atoms with Gasteiger partial charge in [0.15, 0.2) is 0 Å². The SMILES string of the molecule is CCN(CC)c1ncc(NS(=O)(=O)c2ccc(C(C)(C)C)cc2)cc1C(=O)O.O=C(O)C(F)(F)F. The first-order chi connectivity index (χ1) is 15.9. The second-order valence-corrected chi connectivity index (χ2v) is 9.94. The van der Waals surface area contributed by atoms with Crippen molar-refractivity contribution in [1.29, 1.82) is 0 Å². The topological polar surface area (TPSA) is 137 Å². The zero-order chi connectivity index (χ0) is 27.2. The predicted molar refractivity (Wildman–Crippen MR) is 124 cm³/mol. The van der Waals surface area contributed by atoms with Gasteiger partial charge in [0, 0.05) is 13.1 Å². The third-order valence-corrected chi connectivity index (χ3v) is 6.08. The molecule has 35 heavy (non-hydrogen) atoms. The van der Waals surface area contributed by atoms with Crippen molar-refractivity contribution in [2.45, 2.75) is 51.1 Å². The van der Waals surface area contributed by atoms with Crippen LogP contribution in [-0.2, 0) is 20.2 Å². The molecule has 1 heterocycles. The molecule has 194 valence electrons. The quantitative estimate of drug-likeness (QED) is 0.491. The van der Waals surface area contributed by atoms with E-state index in [-0.39, 0.29) is 21.6 Å². The van der Waals surface area contributed by atoms with Gasteiger partial charge in [-0.15, -0.1) is 0 Å². The zero-order valence-corrected chi connectivity index (χ0v) is 20.7. The number of anilines is 2. The van der Waals surface area contributed by atoms with E-state index in [0.29, 0.717) is 18.9 Å². The highest BCUT2D eigenvalue weighted by molar-refractivity contribution is 7.92. The van der Waals surface area contributed by atoms with Crippen LogP contribution < -0.4 is 9.62 Å². The van der Waals surface area contributed by atoms with Gasteiger partial charge in [0.05, 0.1) is 16.8 Å². The Balaban J connectivity index is 0.000000762. The van der Waals surface area contributed by atoms with Crippen molar-refractivity contribution >= 4 is 33.5 Å². The van der Waals surface area contributed by atoms with Gasteiger partial charge in [0.1, 0.15) is 11.4 Å². The molecule has 0 aliphatic heterocycles. The average molecular weight is 520 g/mol. The van der Waals surface area contributed by atoms with E-state index < -0.39 is 28.1 Å². The van der Waals surface area contributed by atoms with E-state index in [4.69, 9.17) is 9.90 Å². The Bertz CT molecular complexity index is 1140. The number of aliphatic carboxylic acids is 1. The van der Waals surface area contributed by atoms with Crippen LogP contribution in [0.25, 0.3) is 0 Å². The number of nitrogens with one attached hydrogen (secondary N) is 1. The minimum Gasteiger partial charge on any atom is -0.478 e. The minimum absolute atomic E-state index is 0.0491. The molecule has 0 fully saturated rings. The number of halogens is 3. The second kappa shape index (κ2) is 11.4.